The summed E-state index contributed by atoms with van der Waals surface area (Å²) in [7, 11) is 0. The highest BCUT2D eigenvalue weighted by Gasteiger charge is 2.34. The summed E-state index contributed by atoms with van der Waals surface area (Å²) in [5.74, 6) is 2.55. The molecule has 0 aromatic heterocycles. The zero-order chi connectivity index (χ0) is 16.5. The van der Waals surface area contributed by atoms with Crippen molar-refractivity contribution in [3.8, 4) is 0 Å². The van der Waals surface area contributed by atoms with Crippen LogP contribution in [0.3, 0.4) is 0 Å². The number of nitrogens with one attached hydrogen (secondary N) is 2. The summed E-state index contributed by atoms with van der Waals surface area (Å²) in [4.78, 5) is 7.53. The van der Waals surface area contributed by atoms with Gasteiger partial charge in [-0.3, -0.25) is 4.99 Å². The lowest BCUT2D eigenvalue weighted by atomic mass is 10.00. The smallest absolute Gasteiger partial charge is 0.191 e. The molecular formula is C19H38N4. The molecule has 1 aliphatic heterocycles. The van der Waals surface area contributed by atoms with Gasteiger partial charge in [-0.05, 0) is 51.0 Å². The van der Waals surface area contributed by atoms with E-state index in [-0.39, 0.29) is 0 Å². The second-order valence-corrected chi connectivity index (χ2v) is 7.40. The summed E-state index contributed by atoms with van der Waals surface area (Å²) in [5, 5.41) is 7.00. The van der Waals surface area contributed by atoms with Crippen LogP contribution in [0.2, 0.25) is 0 Å². The molecule has 23 heavy (non-hydrogen) atoms. The standard InChI is InChI=1S/C19H38N4/c1-4-7-8-16(5-2)13-21-19(20-6-3)22-14-17-11-12-23(15-17)18-9-10-18/h16-18H,4-15H2,1-3H3,(H2,20,21,22). The lowest BCUT2D eigenvalue weighted by Crippen LogP contribution is -2.40. The molecule has 4 heteroatoms. The Morgan fingerprint density at radius 2 is 2.00 bits per heavy atom. The van der Waals surface area contributed by atoms with Gasteiger partial charge in [-0.2, -0.15) is 0 Å². The van der Waals surface area contributed by atoms with Crippen LogP contribution in [0.15, 0.2) is 4.99 Å². The van der Waals surface area contributed by atoms with Crippen molar-refractivity contribution < 1.29 is 0 Å². The topological polar surface area (TPSA) is 39.7 Å². The first-order valence-corrected chi connectivity index (χ1v) is 10.0. The van der Waals surface area contributed by atoms with Crippen LogP contribution >= 0.6 is 0 Å². The number of guanidine groups is 1. The SMILES string of the molecule is CCCCC(CC)CN=C(NCC)NCC1CCN(C2CC2)C1. The Kier molecular flexibility index (Phi) is 8.21. The van der Waals surface area contributed by atoms with Crippen molar-refractivity contribution in [1.29, 1.82) is 0 Å². The van der Waals surface area contributed by atoms with Gasteiger partial charge in [-0.15, -0.1) is 0 Å². The Hall–Kier alpha value is -0.770. The molecule has 2 atom stereocenters. The zero-order valence-corrected chi connectivity index (χ0v) is 15.6. The lowest BCUT2D eigenvalue weighted by Gasteiger charge is -2.18. The van der Waals surface area contributed by atoms with Gasteiger partial charge in [0.15, 0.2) is 5.96 Å². The number of hydrogen-bond donors (Lipinski definition) is 2. The van der Waals surface area contributed by atoms with Gasteiger partial charge in [0.1, 0.15) is 0 Å². The highest BCUT2D eigenvalue weighted by atomic mass is 15.2. The molecule has 2 aliphatic rings. The third-order valence-corrected chi connectivity index (χ3v) is 5.33. The van der Waals surface area contributed by atoms with E-state index in [4.69, 9.17) is 4.99 Å². The molecule has 2 N–H and O–H groups in total. The maximum atomic E-state index is 4.85. The fraction of sp³-hybridized carbons (Fsp3) is 0.947. The van der Waals surface area contributed by atoms with Crippen molar-refractivity contribution in [2.24, 2.45) is 16.8 Å². The van der Waals surface area contributed by atoms with E-state index in [9.17, 15) is 0 Å². The summed E-state index contributed by atoms with van der Waals surface area (Å²) in [5.41, 5.74) is 0. The van der Waals surface area contributed by atoms with Crippen LogP contribution in [0.5, 0.6) is 0 Å². The van der Waals surface area contributed by atoms with Crippen LogP contribution in [-0.2, 0) is 0 Å². The van der Waals surface area contributed by atoms with E-state index in [1.54, 1.807) is 0 Å². The molecule has 1 saturated heterocycles. The Bertz CT molecular complexity index is 351. The van der Waals surface area contributed by atoms with Gasteiger partial charge < -0.3 is 15.5 Å². The number of aliphatic imine (C=N–C) groups is 1. The highest BCUT2D eigenvalue weighted by Crippen LogP contribution is 2.31. The first kappa shape index (κ1) is 18.6. The van der Waals surface area contributed by atoms with Gasteiger partial charge in [-0.25, -0.2) is 0 Å². The normalized spacial score (nSPS) is 24.0. The van der Waals surface area contributed by atoms with Crippen LogP contribution in [-0.4, -0.2) is 49.6 Å². The molecule has 2 rings (SSSR count). The predicted octanol–water partition coefficient (Wildman–Crippen LogP) is 3.24. The Labute approximate surface area is 143 Å². The maximum absolute atomic E-state index is 4.85. The average Bonchev–Trinajstić information content (AvgIpc) is 3.31. The molecule has 0 spiro atoms. The van der Waals surface area contributed by atoms with Gasteiger partial charge in [-0.1, -0.05) is 33.1 Å². The number of likely N-dealkylation sites (tertiary alicyclic amines) is 1. The van der Waals surface area contributed by atoms with E-state index < -0.39 is 0 Å². The monoisotopic (exact) mass is 322 g/mol. The second-order valence-electron chi connectivity index (χ2n) is 7.40. The molecule has 4 nitrogen and oxygen atoms in total. The molecule has 2 fully saturated rings. The van der Waals surface area contributed by atoms with E-state index in [0.29, 0.717) is 0 Å². The number of hydrogen-bond acceptors (Lipinski definition) is 2. The Morgan fingerprint density at radius 1 is 1.17 bits per heavy atom. The molecule has 1 aliphatic carbocycles. The molecule has 0 amide bonds. The van der Waals surface area contributed by atoms with Crippen LogP contribution in [0, 0.1) is 11.8 Å². The average molecular weight is 323 g/mol. The zero-order valence-electron chi connectivity index (χ0n) is 15.6. The van der Waals surface area contributed by atoms with E-state index in [2.05, 4.69) is 36.3 Å². The number of unbranched alkanes of at least 4 members (excludes halogenated alkanes) is 1. The van der Waals surface area contributed by atoms with Crippen molar-refractivity contribution in [3.05, 3.63) is 0 Å². The molecule has 0 aromatic carbocycles. The second kappa shape index (κ2) is 10.2. The van der Waals surface area contributed by atoms with Crippen LogP contribution in [0.25, 0.3) is 0 Å². The molecule has 0 radical (unpaired) electrons. The molecule has 1 heterocycles. The minimum atomic E-state index is 0.738. The minimum Gasteiger partial charge on any atom is -0.357 e. The first-order chi connectivity index (χ1) is 11.3. The van der Waals surface area contributed by atoms with Gasteiger partial charge >= 0.3 is 0 Å². The van der Waals surface area contributed by atoms with Gasteiger partial charge in [0.2, 0.25) is 0 Å². The molecule has 1 saturated carbocycles. The van der Waals surface area contributed by atoms with E-state index in [0.717, 1.165) is 43.5 Å². The maximum Gasteiger partial charge on any atom is 0.191 e. The molecule has 0 aromatic rings. The third kappa shape index (κ3) is 6.70. The quantitative estimate of drug-likeness (QED) is 0.479. The molecule has 2 unspecified atom stereocenters. The van der Waals surface area contributed by atoms with E-state index in [1.165, 1.54) is 58.0 Å². The summed E-state index contributed by atoms with van der Waals surface area (Å²) < 4.78 is 0. The highest BCUT2D eigenvalue weighted by molar-refractivity contribution is 5.79. The van der Waals surface area contributed by atoms with Gasteiger partial charge in [0.05, 0.1) is 0 Å². The largest absolute Gasteiger partial charge is 0.357 e. The Morgan fingerprint density at radius 3 is 2.65 bits per heavy atom. The van der Waals surface area contributed by atoms with Gasteiger partial charge in [0, 0.05) is 32.2 Å². The van der Waals surface area contributed by atoms with Gasteiger partial charge in [0.25, 0.3) is 0 Å². The van der Waals surface area contributed by atoms with E-state index >= 15 is 0 Å². The molecular weight excluding hydrogens is 284 g/mol. The van der Waals surface area contributed by atoms with Crippen molar-refractivity contribution in [1.82, 2.24) is 15.5 Å². The van der Waals surface area contributed by atoms with Crippen LogP contribution in [0.1, 0.15) is 65.7 Å². The summed E-state index contributed by atoms with van der Waals surface area (Å²) in [6.45, 7) is 12.3. The summed E-state index contributed by atoms with van der Waals surface area (Å²) >= 11 is 0. The van der Waals surface area contributed by atoms with E-state index in [1.807, 2.05) is 0 Å². The fourth-order valence-electron chi connectivity index (χ4n) is 3.52. The minimum absolute atomic E-state index is 0.738. The predicted molar refractivity (Wildman–Crippen MR) is 100.0 cm³/mol. The molecule has 0 bridgehead atoms. The Balaban J connectivity index is 1.72. The van der Waals surface area contributed by atoms with Crippen molar-refractivity contribution in [3.63, 3.8) is 0 Å². The lowest BCUT2D eigenvalue weighted by molar-refractivity contribution is 0.314. The number of rotatable bonds is 10. The van der Waals surface area contributed by atoms with Crippen molar-refractivity contribution in [2.75, 3.05) is 32.7 Å². The van der Waals surface area contributed by atoms with Crippen LogP contribution in [0.4, 0.5) is 0 Å². The van der Waals surface area contributed by atoms with Crippen molar-refractivity contribution >= 4 is 5.96 Å². The summed E-state index contributed by atoms with van der Waals surface area (Å²) in [6.07, 6.45) is 9.38. The molecule has 134 valence electrons. The summed E-state index contributed by atoms with van der Waals surface area (Å²) in [6, 6.07) is 0.922. The van der Waals surface area contributed by atoms with Crippen molar-refractivity contribution in [2.45, 2.75) is 71.8 Å². The first-order valence-electron chi connectivity index (χ1n) is 10.0. The third-order valence-electron chi connectivity index (χ3n) is 5.33. The number of nitrogens with zero attached hydrogens (tertiary/aromatic N) is 2. The van der Waals surface area contributed by atoms with Crippen LogP contribution < -0.4 is 10.6 Å². The fourth-order valence-corrected chi connectivity index (χ4v) is 3.52.